The van der Waals surface area contributed by atoms with E-state index in [0.29, 0.717) is 5.41 Å². The Kier molecular flexibility index (Phi) is 4.32. The molecule has 0 amide bonds. The summed E-state index contributed by atoms with van der Waals surface area (Å²) in [5, 5.41) is 3.32. The molecule has 0 atom stereocenters. The van der Waals surface area contributed by atoms with Gasteiger partial charge in [-0.1, -0.05) is 27.4 Å². The Morgan fingerprint density at radius 3 is 2.17 bits per heavy atom. The average molecular weight is 170 g/mol. The standard InChI is InChI=1S/C10H22N2/c1-9(7-12(5)6)11-8-10(2,3)4/h11H,1,7-8H2,2-6H3. The van der Waals surface area contributed by atoms with E-state index in [1.165, 1.54) is 0 Å². The fourth-order valence-corrected chi connectivity index (χ4v) is 0.828. The van der Waals surface area contributed by atoms with Crippen LogP contribution < -0.4 is 5.32 Å². The first-order valence-corrected chi connectivity index (χ1v) is 4.37. The van der Waals surface area contributed by atoms with Crippen LogP contribution in [0.2, 0.25) is 0 Å². The van der Waals surface area contributed by atoms with Crippen molar-refractivity contribution in [2.75, 3.05) is 27.2 Å². The lowest BCUT2D eigenvalue weighted by Crippen LogP contribution is -2.30. The third-order valence-electron chi connectivity index (χ3n) is 1.38. The molecule has 0 radical (unpaired) electrons. The molecule has 0 rings (SSSR count). The van der Waals surface area contributed by atoms with Crippen molar-refractivity contribution in [2.45, 2.75) is 20.8 Å². The number of hydrogen-bond acceptors (Lipinski definition) is 2. The van der Waals surface area contributed by atoms with Crippen LogP contribution in [0.5, 0.6) is 0 Å². The lowest BCUT2D eigenvalue weighted by Gasteiger charge is -2.22. The van der Waals surface area contributed by atoms with E-state index in [4.69, 9.17) is 0 Å². The van der Waals surface area contributed by atoms with Gasteiger partial charge in [0.25, 0.3) is 0 Å². The van der Waals surface area contributed by atoms with E-state index < -0.39 is 0 Å². The number of hydrogen-bond donors (Lipinski definition) is 1. The van der Waals surface area contributed by atoms with Crippen LogP contribution in [0.4, 0.5) is 0 Å². The van der Waals surface area contributed by atoms with E-state index in [1.54, 1.807) is 0 Å². The van der Waals surface area contributed by atoms with Crippen LogP contribution in [0.15, 0.2) is 12.3 Å². The first kappa shape index (κ1) is 11.5. The Labute approximate surface area is 76.6 Å². The van der Waals surface area contributed by atoms with Crippen LogP contribution in [0.25, 0.3) is 0 Å². The Hall–Kier alpha value is -0.500. The van der Waals surface area contributed by atoms with E-state index in [1.807, 2.05) is 14.1 Å². The largest absolute Gasteiger partial charge is 0.387 e. The molecule has 0 aromatic carbocycles. The minimum absolute atomic E-state index is 0.329. The molecule has 12 heavy (non-hydrogen) atoms. The maximum absolute atomic E-state index is 3.95. The van der Waals surface area contributed by atoms with Crippen molar-refractivity contribution in [3.05, 3.63) is 12.3 Å². The molecule has 0 heterocycles. The molecule has 0 saturated carbocycles. The Bertz CT molecular complexity index is 142. The number of nitrogens with one attached hydrogen (secondary N) is 1. The molecular formula is C10H22N2. The van der Waals surface area contributed by atoms with Crippen molar-refractivity contribution < 1.29 is 0 Å². The van der Waals surface area contributed by atoms with Crippen LogP contribution in [-0.2, 0) is 0 Å². The third-order valence-corrected chi connectivity index (χ3v) is 1.38. The van der Waals surface area contributed by atoms with Gasteiger partial charge < -0.3 is 10.2 Å². The molecule has 0 bridgehead atoms. The molecule has 0 spiro atoms. The highest BCUT2D eigenvalue weighted by Gasteiger charge is 2.09. The minimum atomic E-state index is 0.329. The zero-order chi connectivity index (χ0) is 9.78. The van der Waals surface area contributed by atoms with Gasteiger partial charge in [0, 0.05) is 18.8 Å². The highest BCUT2D eigenvalue weighted by Crippen LogP contribution is 2.10. The predicted octanol–water partition coefficient (Wildman–Crippen LogP) is 1.70. The van der Waals surface area contributed by atoms with Crippen LogP contribution >= 0.6 is 0 Å². The van der Waals surface area contributed by atoms with Gasteiger partial charge in [0.05, 0.1) is 0 Å². The van der Waals surface area contributed by atoms with Crippen molar-refractivity contribution in [1.29, 1.82) is 0 Å². The van der Waals surface area contributed by atoms with Gasteiger partial charge in [0.15, 0.2) is 0 Å². The molecule has 0 aliphatic heterocycles. The van der Waals surface area contributed by atoms with Crippen LogP contribution in [0, 0.1) is 5.41 Å². The SMILES string of the molecule is C=C(CN(C)C)NCC(C)(C)C. The maximum atomic E-state index is 3.95. The van der Waals surface area contributed by atoms with Gasteiger partial charge in [-0.2, -0.15) is 0 Å². The fourth-order valence-electron chi connectivity index (χ4n) is 0.828. The van der Waals surface area contributed by atoms with Crippen molar-refractivity contribution in [3.63, 3.8) is 0 Å². The second kappa shape index (κ2) is 4.51. The smallest absolute Gasteiger partial charge is 0.0369 e. The van der Waals surface area contributed by atoms with Gasteiger partial charge >= 0.3 is 0 Å². The summed E-state index contributed by atoms with van der Waals surface area (Å²) in [7, 11) is 4.09. The summed E-state index contributed by atoms with van der Waals surface area (Å²) < 4.78 is 0. The molecule has 0 aromatic heterocycles. The Morgan fingerprint density at radius 2 is 1.83 bits per heavy atom. The molecule has 0 saturated heterocycles. The first-order chi connectivity index (χ1) is 5.31. The molecule has 2 nitrogen and oxygen atoms in total. The highest BCUT2D eigenvalue weighted by atomic mass is 15.1. The molecule has 72 valence electrons. The van der Waals surface area contributed by atoms with Crippen molar-refractivity contribution in [1.82, 2.24) is 10.2 Å². The van der Waals surface area contributed by atoms with E-state index in [-0.39, 0.29) is 0 Å². The summed E-state index contributed by atoms with van der Waals surface area (Å²) in [6.07, 6.45) is 0. The van der Waals surface area contributed by atoms with Gasteiger partial charge in [-0.25, -0.2) is 0 Å². The quantitative estimate of drug-likeness (QED) is 0.691. The zero-order valence-electron chi connectivity index (χ0n) is 9.07. The summed E-state index contributed by atoms with van der Waals surface area (Å²) in [4.78, 5) is 2.11. The van der Waals surface area contributed by atoms with Gasteiger partial charge in [-0.05, 0) is 19.5 Å². The second-order valence-corrected chi connectivity index (χ2v) is 4.76. The van der Waals surface area contributed by atoms with Crippen molar-refractivity contribution in [3.8, 4) is 0 Å². The molecule has 0 aliphatic carbocycles. The molecule has 0 unspecified atom stereocenters. The summed E-state index contributed by atoms with van der Waals surface area (Å²) in [5.74, 6) is 0. The highest BCUT2D eigenvalue weighted by molar-refractivity contribution is 4.94. The summed E-state index contributed by atoms with van der Waals surface area (Å²) >= 11 is 0. The molecule has 2 heteroatoms. The summed E-state index contributed by atoms with van der Waals surface area (Å²) in [5.41, 5.74) is 1.42. The lowest BCUT2D eigenvalue weighted by molar-refractivity contribution is 0.377. The molecule has 0 aromatic rings. The van der Waals surface area contributed by atoms with Gasteiger partial charge in [-0.3, -0.25) is 0 Å². The average Bonchev–Trinajstić information content (AvgIpc) is 1.80. The fraction of sp³-hybridized carbons (Fsp3) is 0.800. The van der Waals surface area contributed by atoms with Gasteiger partial charge in [0.2, 0.25) is 0 Å². The summed E-state index contributed by atoms with van der Waals surface area (Å²) in [6, 6.07) is 0. The van der Waals surface area contributed by atoms with E-state index in [9.17, 15) is 0 Å². The number of nitrogens with zero attached hydrogens (tertiary/aromatic N) is 1. The Morgan fingerprint density at radius 1 is 1.33 bits per heavy atom. The van der Waals surface area contributed by atoms with Crippen LogP contribution in [0.3, 0.4) is 0 Å². The number of rotatable bonds is 4. The molecular weight excluding hydrogens is 148 g/mol. The lowest BCUT2D eigenvalue weighted by atomic mass is 9.97. The van der Waals surface area contributed by atoms with E-state index in [0.717, 1.165) is 18.8 Å². The molecule has 0 aliphatic rings. The van der Waals surface area contributed by atoms with Crippen molar-refractivity contribution in [2.24, 2.45) is 5.41 Å². The molecule has 0 fully saturated rings. The third kappa shape index (κ3) is 7.61. The van der Waals surface area contributed by atoms with E-state index in [2.05, 4.69) is 37.6 Å². The first-order valence-electron chi connectivity index (χ1n) is 4.37. The van der Waals surface area contributed by atoms with E-state index >= 15 is 0 Å². The van der Waals surface area contributed by atoms with Gasteiger partial charge in [-0.15, -0.1) is 0 Å². The number of likely N-dealkylation sites (N-methyl/N-ethyl adjacent to an activating group) is 1. The molecule has 1 N–H and O–H groups in total. The summed E-state index contributed by atoms with van der Waals surface area (Å²) in [6.45, 7) is 12.5. The Balaban J connectivity index is 3.58. The normalized spacial score (nSPS) is 11.8. The zero-order valence-corrected chi connectivity index (χ0v) is 9.07. The van der Waals surface area contributed by atoms with Crippen LogP contribution in [0.1, 0.15) is 20.8 Å². The van der Waals surface area contributed by atoms with Crippen LogP contribution in [-0.4, -0.2) is 32.1 Å². The monoisotopic (exact) mass is 170 g/mol. The maximum Gasteiger partial charge on any atom is 0.0369 e. The minimum Gasteiger partial charge on any atom is -0.387 e. The topological polar surface area (TPSA) is 15.3 Å². The van der Waals surface area contributed by atoms with Gasteiger partial charge in [0.1, 0.15) is 0 Å². The predicted molar refractivity (Wildman–Crippen MR) is 55.2 cm³/mol. The second-order valence-electron chi connectivity index (χ2n) is 4.76. The van der Waals surface area contributed by atoms with Crippen molar-refractivity contribution >= 4 is 0 Å².